The summed E-state index contributed by atoms with van der Waals surface area (Å²) in [6, 6.07) is 6.88. The Balaban J connectivity index is 1.76. The number of ether oxygens (including phenoxy) is 7. The smallest absolute Gasteiger partial charge is 0.407 e. The Morgan fingerprint density at radius 1 is 1.02 bits per heavy atom. The van der Waals surface area contributed by atoms with Crippen molar-refractivity contribution in [3.63, 3.8) is 0 Å². The first-order valence-electron chi connectivity index (χ1n) is 21.2. The number of carbonyl (C=O) groups excluding carboxylic acids is 5. The van der Waals surface area contributed by atoms with E-state index >= 15 is 0 Å². The molecular weight excluding hydrogens is 806 g/mol. The number of alkyl carbamates (subject to hydrolysis) is 1. The average Bonchev–Trinajstić information content (AvgIpc) is 3.15. The van der Waals surface area contributed by atoms with Crippen LogP contribution in [0.4, 0.5) is 4.79 Å². The molecular formula is C46H65NO15. The Labute approximate surface area is 363 Å². The minimum Gasteiger partial charge on any atom is -0.456 e. The van der Waals surface area contributed by atoms with Crippen LogP contribution in [0.5, 0.6) is 0 Å². The monoisotopic (exact) mass is 871 g/mol. The van der Waals surface area contributed by atoms with Gasteiger partial charge in [0.1, 0.15) is 35.6 Å². The number of hydrogen-bond acceptors (Lipinski definition) is 15. The van der Waals surface area contributed by atoms with Crippen molar-refractivity contribution in [2.75, 3.05) is 13.2 Å². The molecule has 62 heavy (non-hydrogen) atoms. The molecule has 16 nitrogen and oxygen atoms in total. The van der Waals surface area contributed by atoms with E-state index in [1.54, 1.807) is 66.7 Å². The largest absolute Gasteiger partial charge is 0.456 e. The Morgan fingerprint density at radius 2 is 1.66 bits per heavy atom. The zero-order valence-corrected chi connectivity index (χ0v) is 37.7. The number of amides is 1. The molecule has 0 spiro atoms. The zero-order valence-electron chi connectivity index (χ0n) is 37.7. The van der Waals surface area contributed by atoms with E-state index in [1.807, 2.05) is 13.8 Å². The van der Waals surface area contributed by atoms with Crippen LogP contribution in [0.1, 0.15) is 106 Å². The van der Waals surface area contributed by atoms with Crippen molar-refractivity contribution in [3.05, 3.63) is 59.7 Å². The lowest BCUT2D eigenvalue weighted by molar-refractivity contribution is -0.367. The van der Waals surface area contributed by atoms with Crippen LogP contribution in [0.2, 0.25) is 0 Å². The molecule has 4 N–H and O–H groups in total. The number of esters is 4. The van der Waals surface area contributed by atoms with Crippen molar-refractivity contribution in [3.8, 4) is 0 Å². The molecule has 2 saturated carbocycles. The molecule has 16 heteroatoms. The van der Waals surface area contributed by atoms with Gasteiger partial charge < -0.3 is 53.8 Å². The van der Waals surface area contributed by atoms with Gasteiger partial charge in [0, 0.05) is 37.5 Å². The molecule has 3 aliphatic carbocycles. The van der Waals surface area contributed by atoms with Gasteiger partial charge in [-0.1, -0.05) is 58.9 Å². The normalized spacial score (nSPS) is 33.4. The first-order valence-corrected chi connectivity index (χ1v) is 21.2. The molecule has 2 bridgehead atoms. The molecule has 344 valence electrons. The molecule has 1 aromatic carbocycles. The van der Waals surface area contributed by atoms with Crippen molar-refractivity contribution in [1.82, 2.24) is 5.32 Å². The summed E-state index contributed by atoms with van der Waals surface area (Å²) in [5.41, 5.74) is -7.50. The highest BCUT2D eigenvalue weighted by Gasteiger charge is 2.78. The third-order valence-electron chi connectivity index (χ3n) is 13.1. The number of aliphatic hydroxyl groups excluding tert-OH is 2. The highest BCUT2D eigenvalue weighted by molar-refractivity contribution is 5.89. The average molecular weight is 872 g/mol. The fraction of sp³-hybridized carbons (Fsp3) is 0.674. The Bertz CT molecular complexity index is 1910. The number of nitrogens with one attached hydrogen (secondary N) is 1. The minimum absolute atomic E-state index is 0.00188. The fourth-order valence-electron chi connectivity index (χ4n) is 10.3. The summed E-state index contributed by atoms with van der Waals surface area (Å²) >= 11 is 0. The van der Waals surface area contributed by atoms with Gasteiger partial charge in [-0.05, 0) is 63.3 Å². The Hall–Kier alpha value is -4.35. The summed E-state index contributed by atoms with van der Waals surface area (Å²) in [6.07, 6.45) is -9.74. The maximum atomic E-state index is 14.4. The van der Waals surface area contributed by atoms with Gasteiger partial charge in [0.05, 0.1) is 36.8 Å². The maximum absolute atomic E-state index is 14.4. The van der Waals surface area contributed by atoms with Crippen molar-refractivity contribution in [2.24, 2.45) is 22.7 Å². The molecule has 1 aliphatic heterocycles. The third kappa shape index (κ3) is 9.03. The van der Waals surface area contributed by atoms with Gasteiger partial charge in [-0.15, -0.1) is 6.58 Å². The summed E-state index contributed by atoms with van der Waals surface area (Å²) in [5.74, 6) is -4.99. The molecule has 1 saturated heterocycles. The van der Waals surface area contributed by atoms with Gasteiger partial charge in [0.15, 0.2) is 17.8 Å². The van der Waals surface area contributed by atoms with Crippen LogP contribution < -0.4 is 5.32 Å². The molecule has 12 atom stereocenters. The Morgan fingerprint density at radius 3 is 2.19 bits per heavy atom. The van der Waals surface area contributed by atoms with Gasteiger partial charge in [0.25, 0.3) is 0 Å². The lowest BCUT2D eigenvalue weighted by atomic mass is 9.44. The van der Waals surface area contributed by atoms with Crippen molar-refractivity contribution in [2.45, 2.75) is 161 Å². The van der Waals surface area contributed by atoms with Crippen molar-refractivity contribution < 1.29 is 72.5 Å². The van der Waals surface area contributed by atoms with Crippen LogP contribution in [0.15, 0.2) is 54.1 Å². The van der Waals surface area contributed by atoms with Crippen LogP contribution in [-0.2, 0) is 47.5 Å². The summed E-state index contributed by atoms with van der Waals surface area (Å²) in [6.45, 7) is 21.2. The summed E-state index contributed by atoms with van der Waals surface area (Å²) in [7, 11) is 0. The number of aliphatic hydroxyl groups is 3. The number of hydrogen-bond donors (Lipinski definition) is 4. The van der Waals surface area contributed by atoms with E-state index in [0.29, 0.717) is 0 Å². The van der Waals surface area contributed by atoms with E-state index in [2.05, 4.69) is 11.9 Å². The SMILES string of the molecule is C=CCO[C@H]1C[C@H]2OC[C@@]2(OC(C)=O)[C@H]2[C@H](OC(=O)c3ccccc3)[C@]3(O)C[C@H](OC(=O)[C@H](O)[C@H](CC(C)C)NC(=O)OC(C)(C)C)C(C)=C([C@H](OC(C)=O)[C@H](O)[C@]12C)C3(C)C. The summed E-state index contributed by atoms with van der Waals surface area (Å²) in [4.78, 5) is 67.7. The van der Waals surface area contributed by atoms with Gasteiger partial charge in [-0.2, -0.15) is 0 Å². The second-order valence-corrected chi connectivity index (χ2v) is 19.3. The second kappa shape index (κ2) is 18.0. The molecule has 1 heterocycles. The number of fused-ring (bicyclic) bond motifs is 5. The highest BCUT2D eigenvalue weighted by Crippen LogP contribution is 2.66. The van der Waals surface area contributed by atoms with Crippen LogP contribution in [0, 0.1) is 22.7 Å². The van der Waals surface area contributed by atoms with Crippen molar-refractivity contribution in [1.29, 1.82) is 0 Å². The molecule has 0 radical (unpaired) electrons. The highest BCUT2D eigenvalue weighted by atomic mass is 16.6. The minimum atomic E-state index is -2.30. The van der Waals surface area contributed by atoms with E-state index in [1.165, 1.54) is 25.1 Å². The molecule has 0 aromatic heterocycles. The van der Waals surface area contributed by atoms with Crippen LogP contribution in [0.25, 0.3) is 0 Å². The predicted octanol–water partition coefficient (Wildman–Crippen LogP) is 4.51. The van der Waals surface area contributed by atoms with Gasteiger partial charge in [-0.25, -0.2) is 14.4 Å². The maximum Gasteiger partial charge on any atom is 0.407 e. The molecule has 1 amide bonds. The first-order chi connectivity index (χ1) is 28.7. The third-order valence-corrected chi connectivity index (χ3v) is 13.1. The number of rotatable bonds is 13. The zero-order chi connectivity index (χ0) is 46.3. The van der Waals surface area contributed by atoms with Gasteiger partial charge >= 0.3 is 30.0 Å². The first kappa shape index (κ1) is 48.7. The van der Waals surface area contributed by atoms with Crippen LogP contribution in [0.3, 0.4) is 0 Å². The van der Waals surface area contributed by atoms with E-state index < -0.39 is 119 Å². The molecule has 3 fully saturated rings. The fourth-order valence-corrected chi connectivity index (χ4v) is 10.3. The van der Waals surface area contributed by atoms with E-state index in [0.717, 1.165) is 6.92 Å². The van der Waals surface area contributed by atoms with Crippen molar-refractivity contribution >= 4 is 30.0 Å². The number of benzene rings is 1. The topological polar surface area (TPSA) is 223 Å². The predicted molar refractivity (Wildman–Crippen MR) is 222 cm³/mol. The molecule has 5 rings (SSSR count). The number of carbonyl (C=O) groups is 5. The van der Waals surface area contributed by atoms with Crippen LogP contribution in [-0.4, -0.2) is 124 Å². The van der Waals surface area contributed by atoms with E-state index in [-0.39, 0.29) is 48.7 Å². The lowest BCUT2D eigenvalue weighted by Gasteiger charge is -2.69. The lowest BCUT2D eigenvalue weighted by Crippen LogP contribution is -2.82. The standard InChI is InChI=1S/C46H65NO15/c1-13-19-56-31-21-32-45(23-57-32,61-27(6)49)36-38(60-39(52)28-17-15-14-16-18-28)46(55)22-30(25(4)33(43(46,10)11)35(58-26(5)48)37(51)44(31,36)12)59-40(53)34(50)29(20-24(2)3)47-41(54)62-42(7,8)9/h13-18,24,29-32,34-38,50-51,55H,1,19-23H2,2-12H3,(H,47,54)/t29-,30-,31-,32+,34+,35-,36-,37-,38-,44+,45-,46+/m0/s1. The quantitative estimate of drug-likeness (QED) is 0.122. The second-order valence-electron chi connectivity index (χ2n) is 19.3. The summed E-state index contributed by atoms with van der Waals surface area (Å²) < 4.78 is 42.8. The molecule has 4 aliphatic rings. The van der Waals surface area contributed by atoms with Gasteiger partial charge in [-0.3, -0.25) is 9.59 Å². The van der Waals surface area contributed by atoms with Gasteiger partial charge in [0.2, 0.25) is 0 Å². The van der Waals surface area contributed by atoms with E-state index in [4.69, 9.17) is 33.2 Å². The van der Waals surface area contributed by atoms with E-state index in [9.17, 15) is 39.3 Å². The van der Waals surface area contributed by atoms with Crippen LogP contribution >= 0.6 is 0 Å². The molecule has 0 unspecified atom stereocenters. The molecule has 1 aromatic rings. The Kier molecular flexibility index (Phi) is 14.2. The summed E-state index contributed by atoms with van der Waals surface area (Å²) in [5, 5.41) is 41.1.